The third-order valence-corrected chi connectivity index (χ3v) is 5.84. The van der Waals surface area contributed by atoms with Gasteiger partial charge in [0.1, 0.15) is 24.4 Å². The Morgan fingerprint density at radius 2 is 1.62 bits per heavy atom. The summed E-state index contributed by atoms with van der Waals surface area (Å²) in [7, 11) is 0. The van der Waals surface area contributed by atoms with Crippen molar-refractivity contribution in [1.82, 2.24) is 0 Å². The molecule has 174 valence electrons. The van der Waals surface area contributed by atoms with E-state index in [9.17, 15) is 23.4 Å². The van der Waals surface area contributed by atoms with E-state index in [-0.39, 0.29) is 6.61 Å². The number of aliphatic hydroxyl groups excluding tert-OH is 2. The number of benzene rings is 2. The van der Waals surface area contributed by atoms with Gasteiger partial charge < -0.3 is 29.2 Å². The van der Waals surface area contributed by atoms with Crippen molar-refractivity contribution in [3.63, 3.8) is 0 Å². The molecule has 0 aliphatic carbocycles. The Morgan fingerprint density at radius 1 is 0.938 bits per heavy atom. The lowest BCUT2D eigenvalue weighted by Gasteiger charge is -2.47. The molecule has 0 radical (unpaired) electrons. The average Bonchev–Trinajstić information content (AvgIpc) is 2.78. The molecule has 6 unspecified atom stereocenters. The number of alkyl halides is 3. The Labute approximate surface area is 183 Å². The van der Waals surface area contributed by atoms with E-state index < -0.39 is 55.3 Å². The highest BCUT2D eigenvalue weighted by Crippen LogP contribution is 2.39. The zero-order valence-electron chi connectivity index (χ0n) is 17.6. The standard InChI is InChI=1S/C23H25F3O6/c1-12-3-4-15(9-13(12)2)21-29-11-18-20(32-21)19(17(28)10-27)31-22(30-18)14-5-7-16(8-6-14)23(24,25)26/h3-9,17-22,27-28H,10-11H2,1-2H3. The smallest absolute Gasteiger partial charge is 0.394 e. The zero-order chi connectivity index (χ0) is 23.0. The van der Waals surface area contributed by atoms with Crippen LogP contribution >= 0.6 is 0 Å². The monoisotopic (exact) mass is 454 g/mol. The van der Waals surface area contributed by atoms with Crippen LogP contribution in [0.25, 0.3) is 0 Å². The van der Waals surface area contributed by atoms with E-state index in [0.717, 1.165) is 28.8 Å². The first-order valence-electron chi connectivity index (χ1n) is 10.3. The molecule has 2 aromatic carbocycles. The summed E-state index contributed by atoms with van der Waals surface area (Å²) >= 11 is 0. The topological polar surface area (TPSA) is 77.4 Å². The lowest BCUT2D eigenvalue weighted by Crippen LogP contribution is -2.58. The molecule has 2 saturated heterocycles. The van der Waals surface area contributed by atoms with Crippen LogP contribution < -0.4 is 0 Å². The minimum absolute atomic E-state index is 0.122. The van der Waals surface area contributed by atoms with Gasteiger partial charge in [-0.25, -0.2) is 0 Å². The molecule has 2 fully saturated rings. The maximum Gasteiger partial charge on any atom is 0.416 e. The van der Waals surface area contributed by atoms with Crippen LogP contribution in [0.15, 0.2) is 42.5 Å². The number of hydrogen-bond acceptors (Lipinski definition) is 6. The van der Waals surface area contributed by atoms with Gasteiger partial charge in [-0.15, -0.1) is 0 Å². The quantitative estimate of drug-likeness (QED) is 0.736. The highest BCUT2D eigenvalue weighted by atomic mass is 19.4. The van der Waals surface area contributed by atoms with E-state index in [0.29, 0.717) is 5.56 Å². The number of halogens is 3. The first-order chi connectivity index (χ1) is 15.2. The molecule has 32 heavy (non-hydrogen) atoms. The molecule has 6 nitrogen and oxygen atoms in total. The number of aliphatic hydroxyl groups is 2. The summed E-state index contributed by atoms with van der Waals surface area (Å²) in [5.41, 5.74) is 2.56. The van der Waals surface area contributed by atoms with Crippen molar-refractivity contribution in [2.75, 3.05) is 13.2 Å². The van der Waals surface area contributed by atoms with Crippen molar-refractivity contribution in [2.45, 2.75) is 57.0 Å². The minimum Gasteiger partial charge on any atom is -0.394 e. The molecule has 2 heterocycles. The maximum absolute atomic E-state index is 12.9. The van der Waals surface area contributed by atoms with Crippen LogP contribution in [0.5, 0.6) is 0 Å². The number of rotatable bonds is 4. The first-order valence-corrected chi connectivity index (χ1v) is 10.3. The van der Waals surface area contributed by atoms with Gasteiger partial charge in [0.05, 0.1) is 18.8 Å². The van der Waals surface area contributed by atoms with Gasteiger partial charge in [-0.1, -0.05) is 30.3 Å². The Morgan fingerprint density at radius 3 is 2.25 bits per heavy atom. The van der Waals surface area contributed by atoms with Gasteiger partial charge in [0.25, 0.3) is 0 Å². The zero-order valence-corrected chi connectivity index (χ0v) is 17.6. The summed E-state index contributed by atoms with van der Waals surface area (Å²) in [5, 5.41) is 19.9. The first kappa shape index (κ1) is 23.2. The molecule has 2 aliphatic rings. The molecule has 2 N–H and O–H groups in total. The van der Waals surface area contributed by atoms with E-state index in [2.05, 4.69) is 0 Å². The van der Waals surface area contributed by atoms with E-state index >= 15 is 0 Å². The molecule has 9 heteroatoms. The van der Waals surface area contributed by atoms with Crippen molar-refractivity contribution >= 4 is 0 Å². The fourth-order valence-corrected chi connectivity index (χ4v) is 3.85. The molecule has 0 amide bonds. The van der Waals surface area contributed by atoms with Gasteiger partial charge in [0.15, 0.2) is 12.6 Å². The molecule has 2 aliphatic heterocycles. The van der Waals surface area contributed by atoms with Crippen LogP contribution in [0.3, 0.4) is 0 Å². The Kier molecular flexibility index (Phi) is 6.58. The van der Waals surface area contributed by atoms with Crippen LogP contribution in [-0.2, 0) is 25.1 Å². The molecule has 6 atom stereocenters. The molecule has 0 saturated carbocycles. The summed E-state index contributed by atoms with van der Waals surface area (Å²) in [4.78, 5) is 0. The third-order valence-electron chi connectivity index (χ3n) is 5.84. The van der Waals surface area contributed by atoms with E-state index in [4.69, 9.17) is 18.9 Å². The van der Waals surface area contributed by atoms with Crippen LogP contribution in [-0.4, -0.2) is 47.8 Å². The van der Waals surface area contributed by atoms with Gasteiger partial charge >= 0.3 is 6.18 Å². The normalized spacial score (nSPS) is 29.4. The second-order valence-corrected chi connectivity index (χ2v) is 8.09. The summed E-state index contributed by atoms with van der Waals surface area (Å²) in [6.45, 7) is 3.52. The molecular formula is C23H25F3O6. The molecule has 0 aromatic heterocycles. The average molecular weight is 454 g/mol. The largest absolute Gasteiger partial charge is 0.416 e. The predicted molar refractivity (Wildman–Crippen MR) is 107 cm³/mol. The molecular weight excluding hydrogens is 429 g/mol. The lowest BCUT2D eigenvalue weighted by atomic mass is 9.99. The summed E-state index contributed by atoms with van der Waals surface area (Å²) in [5.74, 6) is 0. The summed E-state index contributed by atoms with van der Waals surface area (Å²) < 4.78 is 62.3. The Balaban J connectivity index is 1.54. The minimum atomic E-state index is -4.46. The summed E-state index contributed by atoms with van der Waals surface area (Å²) in [6.07, 6.45) is -9.85. The fraction of sp³-hybridized carbons (Fsp3) is 0.478. The van der Waals surface area contributed by atoms with Crippen LogP contribution in [0, 0.1) is 13.8 Å². The van der Waals surface area contributed by atoms with E-state index in [1.165, 1.54) is 12.1 Å². The van der Waals surface area contributed by atoms with Gasteiger partial charge in [-0.05, 0) is 37.1 Å². The van der Waals surface area contributed by atoms with Gasteiger partial charge in [-0.2, -0.15) is 13.2 Å². The van der Waals surface area contributed by atoms with Crippen molar-refractivity contribution in [1.29, 1.82) is 0 Å². The molecule has 0 bridgehead atoms. The third kappa shape index (κ3) is 4.68. The predicted octanol–water partition coefficient (Wildman–Crippen LogP) is 3.57. The Hall–Kier alpha value is -2.01. The lowest BCUT2D eigenvalue weighted by molar-refractivity contribution is -0.373. The van der Waals surface area contributed by atoms with E-state index in [1.54, 1.807) is 0 Å². The highest BCUT2D eigenvalue weighted by molar-refractivity contribution is 5.31. The van der Waals surface area contributed by atoms with Gasteiger partial charge in [-0.3, -0.25) is 0 Å². The van der Waals surface area contributed by atoms with Gasteiger partial charge in [0.2, 0.25) is 0 Å². The van der Waals surface area contributed by atoms with Crippen LogP contribution in [0.4, 0.5) is 13.2 Å². The van der Waals surface area contributed by atoms with Crippen molar-refractivity contribution in [3.8, 4) is 0 Å². The number of ether oxygens (including phenoxy) is 4. The molecule has 0 spiro atoms. The molecule has 4 rings (SSSR count). The second kappa shape index (κ2) is 9.09. The van der Waals surface area contributed by atoms with Crippen molar-refractivity contribution in [3.05, 3.63) is 70.3 Å². The second-order valence-electron chi connectivity index (χ2n) is 8.09. The van der Waals surface area contributed by atoms with E-state index in [1.807, 2.05) is 32.0 Å². The Bertz CT molecular complexity index is 932. The number of hydrogen-bond donors (Lipinski definition) is 2. The van der Waals surface area contributed by atoms with Crippen molar-refractivity contribution in [2.24, 2.45) is 0 Å². The van der Waals surface area contributed by atoms with Gasteiger partial charge in [0, 0.05) is 11.1 Å². The number of fused-ring (bicyclic) bond motifs is 1. The SMILES string of the molecule is Cc1ccc(C2OCC3OC(c4ccc(C(F)(F)F)cc4)OC(C(O)CO)C3O2)cc1C. The maximum atomic E-state index is 12.9. The molecule has 2 aromatic rings. The van der Waals surface area contributed by atoms with Crippen LogP contribution in [0.1, 0.15) is 40.4 Å². The number of aryl methyl sites for hydroxylation is 2. The fourth-order valence-electron chi connectivity index (χ4n) is 3.85. The van der Waals surface area contributed by atoms with Crippen LogP contribution in [0.2, 0.25) is 0 Å². The van der Waals surface area contributed by atoms with Crippen molar-refractivity contribution < 1.29 is 42.3 Å². The summed E-state index contributed by atoms with van der Waals surface area (Å²) in [6, 6.07) is 10.2. The highest BCUT2D eigenvalue weighted by Gasteiger charge is 2.48.